The molecule has 0 aliphatic heterocycles. The number of nitrogens with one attached hydrogen (secondary N) is 1. The van der Waals surface area contributed by atoms with Crippen molar-refractivity contribution < 1.29 is 4.79 Å². The van der Waals surface area contributed by atoms with Gasteiger partial charge < -0.3 is 0 Å². The smallest absolute Gasteiger partial charge is 0.221 e. The van der Waals surface area contributed by atoms with Crippen molar-refractivity contribution in [2.45, 2.75) is 0 Å². The molecule has 66 valence electrons. The fourth-order valence-corrected chi connectivity index (χ4v) is 0.490. The Labute approximate surface area is 73.0 Å². The number of carbonyl (C=O) groups excluding carboxylic acids is 1. The summed E-state index contributed by atoms with van der Waals surface area (Å²) >= 11 is 0. The van der Waals surface area contributed by atoms with Gasteiger partial charge in [-0.1, -0.05) is 36.4 Å². The first kappa shape index (κ1) is 10.7. The molecule has 0 saturated heterocycles. The van der Waals surface area contributed by atoms with E-state index in [0.29, 0.717) is 6.41 Å². The van der Waals surface area contributed by atoms with E-state index in [0.717, 1.165) is 0 Å². The number of hydrazine groups is 1. The van der Waals surface area contributed by atoms with Crippen LogP contribution in [0.1, 0.15) is 0 Å². The minimum Gasteiger partial charge on any atom is -0.292 e. The zero-order valence-corrected chi connectivity index (χ0v) is 7.40. The van der Waals surface area contributed by atoms with Crippen LogP contribution >= 0.6 is 0 Å². The molecule has 0 unspecified atom stereocenters. The van der Waals surface area contributed by atoms with E-state index < -0.39 is 0 Å². The van der Waals surface area contributed by atoms with Gasteiger partial charge in [0.1, 0.15) is 0 Å². The Kier molecular flexibility index (Phi) is 6.88. The minimum atomic E-state index is 0.625. The molecular formula is C9H14N2O. The van der Waals surface area contributed by atoms with Crippen LogP contribution in [0.2, 0.25) is 0 Å². The molecule has 0 atom stereocenters. The molecule has 1 N–H and O–H groups in total. The van der Waals surface area contributed by atoms with E-state index in [4.69, 9.17) is 0 Å². The van der Waals surface area contributed by atoms with Gasteiger partial charge in [-0.3, -0.25) is 10.2 Å². The third kappa shape index (κ3) is 8.65. The van der Waals surface area contributed by atoms with Crippen molar-refractivity contribution in [3.05, 3.63) is 36.4 Å². The molecule has 0 fully saturated rings. The van der Waals surface area contributed by atoms with E-state index >= 15 is 0 Å². The van der Waals surface area contributed by atoms with Crippen molar-refractivity contribution in [1.82, 2.24) is 10.4 Å². The summed E-state index contributed by atoms with van der Waals surface area (Å²) in [5.74, 6) is 0. The molecule has 3 nitrogen and oxygen atoms in total. The predicted molar refractivity (Wildman–Crippen MR) is 49.3 cm³/mol. The van der Waals surface area contributed by atoms with E-state index in [1.54, 1.807) is 19.1 Å². The summed E-state index contributed by atoms with van der Waals surface area (Å²) in [5.41, 5.74) is 2.36. The third-order valence-electron chi connectivity index (χ3n) is 0.978. The average molecular weight is 166 g/mol. The number of carbonyl (C=O) groups is 1. The number of hydrogen-bond donors (Lipinski definition) is 1. The zero-order chi connectivity index (χ0) is 9.23. The van der Waals surface area contributed by atoms with E-state index in [9.17, 15) is 4.79 Å². The molecular weight excluding hydrogens is 152 g/mol. The first-order valence-corrected chi connectivity index (χ1v) is 3.64. The average Bonchev–Trinajstić information content (AvgIpc) is 2.08. The van der Waals surface area contributed by atoms with Gasteiger partial charge in [0.25, 0.3) is 0 Å². The fourth-order valence-electron chi connectivity index (χ4n) is 0.490. The highest BCUT2D eigenvalue weighted by Crippen LogP contribution is 1.79. The van der Waals surface area contributed by atoms with Crippen LogP contribution in [-0.2, 0) is 4.79 Å². The molecule has 3 heteroatoms. The highest BCUT2D eigenvalue weighted by atomic mass is 16.1. The third-order valence-corrected chi connectivity index (χ3v) is 0.978. The van der Waals surface area contributed by atoms with Crippen molar-refractivity contribution >= 4 is 6.41 Å². The van der Waals surface area contributed by atoms with Gasteiger partial charge in [0, 0.05) is 14.1 Å². The van der Waals surface area contributed by atoms with Crippen LogP contribution in [0.3, 0.4) is 0 Å². The molecule has 0 saturated carbocycles. The molecule has 1 aromatic carbocycles. The highest BCUT2D eigenvalue weighted by Gasteiger charge is 1.74. The molecule has 1 amide bonds. The molecule has 1 rings (SSSR count). The van der Waals surface area contributed by atoms with E-state index in [1.807, 2.05) is 36.4 Å². The standard InChI is InChI=1S/C6H6.C3H8N2O/c1-2-4-6-5-3-1;1-5(2)4-3-6/h1-6H;3H,1-2H3,(H,4,6). The lowest BCUT2D eigenvalue weighted by molar-refractivity contribution is -0.112. The molecule has 0 spiro atoms. The second-order valence-corrected chi connectivity index (χ2v) is 2.30. The van der Waals surface area contributed by atoms with Crippen LogP contribution < -0.4 is 5.43 Å². The molecule has 0 aliphatic rings. The van der Waals surface area contributed by atoms with Crippen LogP contribution in [0.5, 0.6) is 0 Å². The molecule has 1 aromatic rings. The maximum Gasteiger partial charge on any atom is 0.221 e. The fraction of sp³-hybridized carbons (Fsp3) is 0.222. The largest absolute Gasteiger partial charge is 0.292 e. The predicted octanol–water partition coefficient (Wildman–Crippen LogP) is 0.896. The van der Waals surface area contributed by atoms with Crippen molar-refractivity contribution in [2.75, 3.05) is 14.1 Å². The molecule has 0 aliphatic carbocycles. The van der Waals surface area contributed by atoms with Gasteiger partial charge in [0.2, 0.25) is 6.41 Å². The van der Waals surface area contributed by atoms with Crippen LogP contribution in [0, 0.1) is 0 Å². The molecule has 0 aromatic heterocycles. The molecule has 0 radical (unpaired) electrons. The van der Waals surface area contributed by atoms with Crippen LogP contribution in [-0.4, -0.2) is 25.5 Å². The van der Waals surface area contributed by atoms with Crippen LogP contribution in [0.4, 0.5) is 0 Å². The number of rotatable bonds is 2. The summed E-state index contributed by atoms with van der Waals surface area (Å²) in [6, 6.07) is 12.0. The summed E-state index contributed by atoms with van der Waals surface area (Å²) in [4.78, 5) is 9.46. The minimum absolute atomic E-state index is 0.625. The van der Waals surface area contributed by atoms with Crippen molar-refractivity contribution in [2.24, 2.45) is 0 Å². The lowest BCUT2D eigenvalue weighted by Gasteiger charge is -2.03. The SMILES string of the molecule is CN(C)NC=O.c1ccccc1. The first-order valence-electron chi connectivity index (χ1n) is 3.64. The van der Waals surface area contributed by atoms with Gasteiger partial charge in [-0.05, 0) is 0 Å². The monoisotopic (exact) mass is 166 g/mol. The Morgan fingerprint density at radius 3 is 1.42 bits per heavy atom. The number of benzene rings is 1. The number of nitrogens with zero attached hydrogens (tertiary/aromatic N) is 1. The topological polar surface area (TPSA) is 32.3 Å². The Morgan fingerprint density at radius 2 is 1.33 bits per heavy atom. The Bertz CT molecular complexity index is 160. The Morgan fingerprint density at radius 1 is 1.00 bits per heavy atom. The van der Waals surface area contributed by atoms with Gasteiger partial charge >= 0.3 is 0 Å². The normalized spacial score (nSPS) is 8.25. The summed E-state index contributed by atoms with van der Waals surface area (Å²) in [6.07, 6.45) is 0.625. The van der Waals surface area contributed by atoms with E-state index in [1.165, 1.54) is 0 Å². The summed E-state index contributed by atoms with van der Waals surface area (Å²) in [5, 5.41) is 1.56. The van der Waals surface area contributed by atoms with E-state index in [-0.39, 0.29) is 0 Å². The van der Waals surface area contributed by atoms with Crippen molar-refractivity contribution in [3.63, 3.8) is 0 Å². The quantitative estimate of drug-likeness (QED) is 0.523. The lowest BCUT2D eigenvalue weighted by atomic mass is 10.4. The van der Waals surface area contributed by atoms with Gasteiger partial charge in [-0.15, -0.1) is 0 Å². The lowest BCUT2D eigenvalue weighted by Crippen LogP contribution is -2.28. The maximum atomic E-state index is 9.46. The second-order valence-electron chi connectivity index (χ2n) is 2.30. The highest BCUT2D eigenvalue weighted by molar-refractivity contribution is 5.44. The molecule has 0 heterocycles. The van der Waals surface area contributed by atoms with Gasteiger partial charge in [-0.2, -0.15) is 0 Å². The van der Waals surface area contributed by atoms with Gasteiger partial charge in [-0.25, -0.2) is 5.01 Å². The number of hydrogen-bond acceptors (Lipinski definition) is 2. The summed E-state index contributed by atoms with van der Waals surface area (Å²) < 4.78 is 0. The number of amides is 1. The summed E-state index contributed by atoms with van der Waals surface area (Å²) in [7, 11) is 3.49. The zero-order valence-electron chi connectivity index (χ0n) is 7.40. The summed E-state index contributed by atoms with van der Waals surface area (Å²) in [6.45, 7) is 0. The molecule has 0 bridgehead atoms. The Hall–Kier alpha value is -1.35. The maximum absolute atomic E-state index is 9.46. The van der Waals surface area contributed by atoms with Crippen molar-refractivity contribution in [3.8, 4) is 0 Å². The van der Waals surface area contributed by atoms with Crippen LogP contribution in [0.25, 0.3) is 0 Å². The van der Waals surface area contributed by atoms with Crippen LogP contribution in [0.15, 0.2) is 36.4 Å². The second kappa shape index (κ2) is 7.75. The molecule has 12 heavy (non-hydrogen) atoms. The van der Waals surface area contributed by atoms with E-state index in [2.05, 4.69) is 5.43 Å². The van der Waals surface area contributed by atoms with Gasteiger partial charge in [0.15, 0.2) is 0 Å². The Balaban J connectivity index is 0.000000202. The van der Waals surface area contributed by atoms with Crippen molar-refractivity contribution in [1.29, 1.82) is 0 Å². The van der Waals surface area contributed by atoms with Gasteiger partial charge in [0.05, 0.1) is 0 Å². The first-order chi connectivity index (χ1) is 5.77.